The number of halogens is 1. The van der Waals surface area contributed by atoms with Gasteiger partial charge in [-0.25, -0.2) is 8.42 Å². The Morgan fingerprint density at radius 2 is 1.55 bits per heavy atom. The van der Waals surface area contributed by atoms with Gasteiger partial charge in [-0.1, -0.05) is 78.3 Å². The van der Waals surface area contributed by atoms with E-state index in [4.69, 9.17) is 16.3 Å². The molecule has 0 aliphatic carbocycles. The van der Waals surface area contributed by atoms with Crippen molar-refractivity contribution in [3.05, 3.63) is 125 Å². The highest BCUT2D eigenvalue weighted by molar-refractivity contribution is 7.92. The van der Waals surface area contributed by atoms with Gasteiger partial charge in [0.25, 0.3) is 10.0 Å². The Morgan fingerprint density at radius 1 is 0.886 bits per heavy atom. The van der Waals surface area contributed by atoms with Crippen LogP contribution in [-0.2, 0) is 32.6 Å². The molecule has 0 aliphatic rings. The summed E-state index contributed by atoms with van der Waals surface area (Å²) in [5.74, 6) is -0.307. The van der Waals surface area contributed by atoms with Crippen molar-refractivity contribution in [1.29, 1.82) is 0 Å². The Balaban J connectivity index is 1.83. The number of nitrogens with one attached hydrogen (secondary N) is 1. The first-order valence-corrected chi connectivity index (χ1v) is 16.0. The number of anilines is 1. The smallest absolute Gasteiger partial charge is 0.264 e. The van der Waals surface area contributed by atoms with Gasteiger partial charge in [0, 0.05) is 24.5 Å². The monoisotopic (exact) mass is 633 g/mol. The lowest BCUT2D eigenvalue weighted by molar-refractivity contribution is -0.140. The van der Waals surface area contributed by atoms with Crippen LogP contribution in [-0.4, -0.2) is 51.4 Å². The molecule has 0 saturated heterocycles. The number of likely N-dealkylation sites (N-methyl/N-ethyl adjacent to an activating group) is 1. The number of nitrogens with zero attached hydrogens (tertiary/aromatic N) is 2. The molecule has 4 aromatic carbocycles. The van der Waals surface area contributed by atoms with Crippen molar-refractivity contribution >= 4 is 39.1 Å². The minimum absolute atomic E-state index is 0.0242. The molecule has 0 heterocycles. The molecule has 4 aromatic rings. The van der Waals surface area contributed by atoms with Crippen LogP contribution < -0.4 is 14.4 Å². The number of rotatable bonds is 13. The Hall–Kier alpha value is -4.34. The molecule has 0 radical (unpaired) electrons. The molecule has 0 fully saturated rings. The molecule has 10 heteroatoms. The Kier molecular flexibility index (Phi) is 11.0. The number of amides is 2. The fraction of sp³-hybridized carbons (Fsp3) is 0.235. The van der Waals surface area contributed by atoms with Crippen LogP contribution in [0.25, 0.3) is 0 Å². The van der Waals surface area contributed by atoms with E-state index in [1.165, 1.54) is 23.1 Å². The highest BCUT2D eigenvalue weighted by Crippen LogP contribution is 2.30. The number of aryl methyl sites for hydroxylation is 1. The lowest BCUT2D eigenvalue weighted by Crippen LogP contribution is -2.53. The molecule has 230 valence electrons. The van der Waals surface area contributed by atoms with Crippen LogP contribution in [0.5, 0.6) is 5.75 Å². The highest BCUT2D eigenvalue weighted by Gasteiger charge is 2.35. The first kappa shape index (κ1) is 32.6. The summed E-state index contributed by atoms with van der Waals surface area (Å²) in [5, 5.41) is 3.18. The molecule has 0 bridgehead atoms. The van der Waals surface area contributed by atoms with E-state index in [1.807, 2.05) is 43.3 Å². The largest absolute Gasteiger partial charge is 0.497 e. The van der Waals surface area contributed by atoms with Crippen molar-refractivity contribution in [2.45, 2.75) is 37.8 Å². The van der Waals surface area contributed by atoms with Crippen LogP contribution in [0.4, 0.5) is 5.69 Å². The van der Waals surface area contributed by atoms with Gasteiger partial charge in [0.15, 0.2) is 0 Å². The minimum atomic E-state index is -4.21. The van der Waals surface area contributed by atoms with E-state index in [1.54, 1.807) is 62.6 Å². The molecule has 2 amide bonds. The topological polar surface area (TPSA) is 96.0 Å². The van der Waals surface area contributed by atoms with Crippen LogP contribution in [0, 0.1) is 6.92 Å². The summed E-state index contributed by atoms with van der Waals surface area (Å²) in [5.41, 5.74) is 2.46. The van der Waals surface area contributed by atoms with E-state index >= 15 is 0 Å². The van der Waals surface area contributed by atoms with Gasteiger partial charge in [-0.05, 0) is 66.9 Å². The second kappa shape index (κ2) is 14.9. The molecule has 0 aromatic heterocycles. The van der Waals surface area contributed by atoms with E-state index in [2.05, 4.69) is 5.32 Å². The van der Waals surface area contributed by atoms with E-state index in [0.717, 1.165) is 15.4 Å². The van der Waals surface area contributed by atoms with E-state index in [-0.39, 0.29) is 29.5 Å². The number of methoxy groups -OCH3 is 1. The normalized spacial score (nSPS) is 11.8. The Labute approximate surface area is 264 Å². The average molecular weight is 634 g/mol. The summed E-state index contributed by atoms with van der Waals surface area (Å²) >= 11 is 6.33. The second-order valence-corrected chi connectivity index (χ2v) is 12.5. The quantitative estimate of drug-likeness (QED) is 0.206. The third-order valence-corrected chi connectivity index (χ3v) is 9.17. The van der Waals surface area contributed by atoms with Gasteiger partial charge in [0.05, 0.1) is 17.7 Å². The van der Waals surface area contributed by atoms with E-state index in [9.17, 15) is 18.0 Å². The zero-order valence-electron chi connectivity index (χ0n) is 24.9. The summed E-state index contributed by atoms with van der Waals surface area (Å²) < 4.78 is 34.7. The number of carbonyl (C=O) groups excluding carboxylic acids is 2. The number of carbonyl (C=O) groups is 2. The van der Waals surface area contributed by atoms with Crippen molar-refractivity contribution in [1.82, 2.24) is 10.2 Å². The predicted molar refractivity (Wildman–Crippen MR) is 173 cm³/mol. The maximum atomic E-state index is 14.5. The summed E-state index contributed by atoms with van der Waals surface area (Å²) in [6, 6.07) is 28.5. The maximum absolute atomic E-state index is 14.5. The highest BCUT2D eigenvalue weighted by atomic mass is 35.5. The number of ether oxygens (including phenoxy) is 1. The van der Waals surface area contributed by atoms with Crippen LogP contribution in [0.3, 0.4) is 0 Å². The molecule has 1 atom stereocenters. The average Bonchev–Trinajstić information content (AvgIpc) is 3.03. The van der Waals surface area contributed by atoms with Crippen LogP contribution in [0.1, 0.15) is 23.6 Å². The number of hydrogen-bond donors (Lipinski definition) is 1. The van der Waals surface area contributed by atoms with Crippen molar-refractivity contribution in [3.8, 4) is 5.75 Å². The lowest BCUT2D eigenvalue weighted by atomic mass is 10.0. The predicted octanol–water partition coefficient (Wildman–Crippen LogP) is 5.63. The molecular weight excluding hydrogens is 598 g/mol. The first-order valence-electron chi connectivity index (χ1n) is 14.2. The zero-order chi connectivity index (χ0) is 31.7. The van der Waals surface area contributed by atoms with Gasteiger partial charge in [0.1, 0.15) is 18.3 Å². The van der Waals surface area contributed by atoms with E-state index < -0.39 is 28.5 Å². The molecular formula is C34H36ClN3O5S. The number of sulfonamides is 1. The summed E-state index contributed by atoms with van der Waals surface area (Å²) in [4.78, 5) is 29.5. The van der Waals surface area contributed by atoms with Gasteiger partial charge in [0.2, 0.25) is 11.8 Å². The van der Waals surface area contributed by atoms with Crippen molar-refractivity contribution in [2.75, 3.05) is 24.5 Å². The fourth-order valence-corrected chi connectivity index (χ4v) is 6.56. The first-order chi connectivity index (χ1) is 21.1. The molecule has 1 N–H and O–H groups in total. The molecule has 4 rings (SSSR count). The molecule has 0 unspecified atom stereocenters. The Bertz CT molecular complexity index is 1680. The zero-order valence-corrected chi connectivity index (χ0v) is 26.5. The summed E-state index contributed by atoms with van der Waals surface area (Å²) in [6.07, 6.45) is 0.226. The van der Waals surface area contributed by atoms with Gasteiger partial charge >= 0.3 is 0 Å². The summed E-state index contributed by atoms with van der Waals surface area (Å²) in [7, 11) is -2.66. The molecule has 0 saturated carbocycles. The SMILES string of the molecule is CCNC(=O)[C@@H](Cc1ccccc1)N(Cc1cccc(OC)c1)C(=O)CN(c1cc(Cl)ccc1C)S(=O)(=O)c1ccccc1. The number of hydrogen-bond acceptors (Lipinski definition) is 5. The third-order valence-electron chi connectivity index (χ3n) is 7.16. The second-order valence-electron chi connectivity index (χ2n) is 10.2. The molecule has 8 nitrogen and oxygen atoms in total. The Morgan fingerprint density at radius 3 is 2.20 bits per heavy atom. The van der Waals surface area contributed by atoms with Crippen LogP contribution in [0.2, 0.25) is 5.02 Å². The summed E-state index contributed by atoms with van der Waals surface area (Å²) in [6.45, 7) is 3.40. The van der Waals surface area contributed by atoms with Gasteiger partial charge in [-0.3, -0.25) is 13.9 Å². The maximum Gasteiger partial charge on any atom is 0.264 e. The molecule has 0 spiro atoms. The van der Waals surface area contributed by atoms with E-state index in [0.29, 0.717) is 22.9 Å². The van der Waals surface area contributed by atoms with Crippen LogP contribution in [0.15, 0.2) is 108 Å². The van der Waals surface area contributed by atoms with Crippen molar-refractivity contribution in [3.63, 3.8) is 0 Å². The van der Waals surface area contributed by atoms with Gasteiger partial charge < -0.3 is 15.0 Å². The van der Waals surface area contributed by atoms with Crippen LogP contribution >= 0.6 is 11.6 Å². The lowest BCUT2D eigenvalue weighted by Gasteiger charge is -2.34. The number of benzene rings is 4. The van der Waals surface area contributed by atoms with Gasteiger partial charge in [-0.2, -0.15) is 0 Å². The van der Waals surface area contributed by atoms with Crippen molar-refractivity contribution in [2.24, 2.45) is 0 Å². The molecule has 0 aliphatic heterocycles. The minimum Gasteiger partial charge on any atom is -0.497 e. The standard InChI is InChI=1S/C34H36ClN3O5S/c1-4-36-34(40)32(21-26-12-7-5-8-13-26)37(23-27-14-11-15-29(20-27)43-3)33(39)24-38(31-22-28(35)19-18-25(31)2)44(41,42)30-16-9-6-10-17-30/h5-20,22,32H,4,21,23-24H2,1-3H3,(H,36,40)/t32-/m1/s1. The van der Waals surface area contributed by atoms with Crippen molar-refractivity contribution < 1.29 is 22.7 Å². The van der Waals surface area contributed by atoms with Gasteiger partial charge in [-0.15, -0.1) is 0 Å². The molecule has 44 heavy (non-hydrogen) atoms. The third kappa shape index (κ3) is 7.98. The fourth-order valence-electron chi connectivity index (χ4n) is 4.90.